The van der Waals surface area contributed by atoms with Crippen molar-refractivity contribution in [2.45, 2.75) is 12.8 Å². The van der Waals surface area contributed by atoms with Crippen LogP contribution in [0.5, 0.6) is 11.5 Å². The van der Waals surface area contributed by atoms with E-state index >= 15 is 0 Å². The van der Waals surface area contributed by atoms with Gasteiger partial charge in [-0.1, -0.05) is 18.2 Å². The average Bonchev–Trinajstić information content (AvgIpc) is 2.79. The van der Waals surface area contributed by atoms with Crippen molar-refractivity contribution in [2.24, 2.45) is 5.92 Å². The van der Waals surface area contributed by atoms with E-state index in [2.05, 4.69) is 0 Å². The fraction of sp³-hybridized carbons (Fsp3) is 0.208. The lowest BCUT2D eigenvalue weighted by atomic mass is 9.89. The van der Waals surface area contributed by atoms with Crippen LogP contribution in [0.15, 0.2) is 79.1 Å². The number of Topliss-reactive ketones (excluding diaryl/α,β-unsaturated/α-hetero) is 1. The number of piperidine rings is 1. The largest absolute Gasteiger partial charge is 0.619 e. The first kappa shape index (κ1) is 19.6. The molecule has 0 spiro atoms. The Labute approximate surface area is 174 Å². The van der Waals surface area contributed by atoms with Crippen LogP contribution in [-0.2, 0) is 0 Å². The Hall–Kier alpha value is -3.67. The fourth-order valence-corrected chi connectivity index (χ4v) is 3.69. The van der Waals surface area contributed by atoms with Crippen molar-refractivity contribution < 1.29 is 19.1 Å². The molecule has 6 heteroatoms. The first-order valence-corrected chi connectivity index (χ1v) is 9.95. The quantitative estimate of drug-likeness (QED) is 0.369. The fourth-order valence-electron chi connectivity index (χ4n) is 3.69. The molecule has 152 valence electrons. The van der Waals surface area contributed by atoms with E-state index in [1.807, 2.05) is 30.3 Å². The van der Waals surface area contributed by atoms with Gasteiger partial charge in [0.25, 0.3) is 5.91 Å². The van der Waals surface area contributed by atoms with Gasteiger partial charge in [-0.15, -0.1) is 0 Å². The molecule has 30 heavy (non-hydrogen) atoms. The van der Waals surface area contributed by atoms with Crippen LogP contribution in [0.1, 0.15) is 33.6 Å². The van der Waals surface area contributed by atoms with Gasteiger partial charge in [0.1, 0.15) is 17.1 Å². The number of carbonyl (C=O) groups is 2. The van der Waals surface area contributed by atoms with E-state index < -0.39 is 0 Å². The summed E-state index contributed by atoms with van der Waals surface area (Å²) in [4.78, 5) is 27.4. The van der Waals surface area contributed by atoms with Crippen molar-refractivity contribution in [2.75, 3.05) is 13.1 Å². The topological polar surface area (TPSA) is 73.5 Å². The number of ketones is 1. The van der Waals surface area contributed by atoms with Crippen LogP contribution in [0.25, 0.3) is 0 Å². The molecule has 0 saturated carbocycles. The highest BCUT2D eigenvalue weighted by atomic mass is 16.5. The van der Waals surface area contributed by atoms with E-state index in [1.165, 1.54) is 12.4 Å². The zero-order chi connectivity index (χ0) is 20.9. The highest BCUT2D eigenvalue weighted by molar-refractivity contribution is 5.99. The minimum atomic E-state index is -0.258. The zero-order valence-electron chi connectivity index (χ0n) is 16.4. The number of benzene rings is 2. The van der Waals surface area contributed by atoms with E-state index in [0.29, 0.717) is 34.7 Å². The van der Waals surface area contributed by atoms with Crippen LogP contribution in [0.2, 0.25) is 0 Å². The summed E-state index contributed by atoms with van der Waals surface area (Å²) < 4.78 is 6.38. The standard InChI is InChI=1S/C24H22N2O4/c27-23(18-10-12-22(13-11-18)30-21-8-2-1-3-9-21)19-6-4-14-25(16-19)24(28)20-7-5-15-26(29)17-20/h1-3,5,7-13,15,17,19H,4,6,14,16H2/t19-/m1/s1. The maximum absolute atomic E-state index is 13.0. The molecular weight excluding hydrogens is 380 g/mol. The molecule has 1 aliphatic heterocycles. The predicted octanol–water partition coefficient (Wildman–Crippen LogP) is 3.85. The van der Waals surface area contributed by atoms with E-state index in [4.69, 9.17) is 4.74 Å². The lowest BCUT2D eigenvalue weighted by Crippen LogP contribution is -2.43. The number of carbonyl (C=O) groups excluding carboxylic acids is 2. The summed E-state index contributed by atoms with van der Waals surface area (Å²) in [6.45, 7) is 0.938. The van der Waals surface area contributed by atoms with Crippen molar-refractivity contribution in [1.82, 2.24) is 4.90 Å². The minimum absolute atomic E-state index is 0.0192. The Kier molecular flexibility index (Phi) is 5.75. The van der Waals surface area contributed by atoms with Crippen LogP contribution in [-0.4, -0.2) is 29.7 Å². The van der Waals surface area contributed by atoms with Gasteiger partial charge in [0.2, 0.25) is 0 Å². The lowest BCUT2D eigenvalue weighted by molar-refractivity contribution is -0.605. The van der Waals surface area contributed by atoms with Crippen molar-refractivity contribution >= 4 is 11.7 Å². The predicted molar refractivity (Wildman–Crippen MR) is 111 cm³/mol. The summed E-state index contributed by atoms with van der Waals surface area (Å²) in [7, 11) is 0. The van der Waals surface area contributed by atoms with Gasteiger partial charge in [-0.05, 0) is 55.3 Å². The Morgan fingerprint density at radius 1 is 0.933 bits per heavy atom. The molecule has 1 amide bonds. The van der Waals surface area contributed by atoms with Crippen molar-refractivity contribution in [3.63, 3.8) is 0 Å². The summed E-state index contributed by atoms with van der Waals surface area (Å²) in [6, 6.07) is 19.7. The second-order valence-electron chi connectivity index (χ2n) is 7.35. The number of likely N-dealkylation sites (tertiary alicyclic amines) is 1. The molecule has 0 bridgehead atoms. The van der Waals surface area contributed by atoms with Gasteiger partial charge in [-0.3, -0.25) is 9.59 Å². The minimum Gasteiger partial charge on any atom is -0.619 e. The van der Waals surface area contributed by atoms with Crippen molar-refractivity contribution in [3.8, 4) is 11.5 Å². The molecule has 1 atom stereocenters. The first-order valence-electron chi connectivity index (χ1n) is 9.95. The van der Waals surface area contributed by atoms with Crippen LogP contribution in [0.4, 0.5) is 0 Å². The van der Waals surface area contributed by atoms with E-state index in [0.717, 1.165) is 18.6 Å². The Morgan fingerprint density at radius 2 is 1.67 bits per heavy atom. The van der Waals surface area contributed by atoms with Gasteiger partial charge in [0, 0.05) is 30.6 Å². The molecular formula is C24H22N2O4. The molecule has 1 aromatic heterocycles. The van der Waals surface area contributed by atoms with Gasteiger partial charge >= 0.3 is 0 Å². The highest BCUT2D eigenvalue weighted by Gasteiger charge is 2.30. The lowest BCUT2D eigenvalue weighted by Gasteiger charge is -2.32. The summed E-state index contributed by atoms with van der Waals surface area (Å²) >= 11 is 0. The molecule has 3 aromatic rings. The van der Waals surface area contributed by atoms with Crippen LogP contribution in [0.3, 0.4) is 0 Å². The van der Waals surface area contributed by atoms with Gasteiger partial charge < -0.3 is 14.8 Å². The molecule has 0 aliphatic carbocycles. The average molecular weight is 402 g/mol. The van der Waals surface area contributed by atoms with Crippen molar-refractivity contribution in [1.29, 1.82) is 0 Å². The van der Waals surface area contributed by atoms with E-state index in [1.54, 1.807) is 41.3 Å². The summed E-state index contributed by atoms with van der Waals surface area (Å²) in [6.07, 6.45) is 4.09. The van der Waals surface area contributed by atoms with Crippen LogP contribution < -0.4 is 9.47 Å². The summed E-state index contributed by atoms with van der Waals surface area (Å²) in [5.41, 5.74) is 0.940. The number of hydrogen-bond acceptors (Lipinski definition) is 4. The Bertz CT molecular complexity index is 1030. The van der Waals surface area contributed by atoms with Gasteiger partial charge in [-0.25, -0.2) is 0 Å². The molecule has 4 rings (SSSR count). The van der Waals surface area contributed by atoms with E-state index in [-0.39, 0.29) is 17.6 Å². The summed E-state index contributed by atoms with van der Waals surface area (Å²) in [5, 5.41) is 11.5. The normalized spacial score (nSPS) is 16.1. The third-order valence-electron chi connectivity index (χ3n) is 5.22. The first-order chi connectivity index (χ1) is 14.6. The molecule has 0 N–H and O–H groups in total. The third-order valence-corrected chi connectivity index (χ3v) is 5.22. The molecule has 0 unspecified atom stereocenters. The highest BCUT2D eigenvalue weighted by Crippen LogP contribution is 2.25. The van der Waals surface area contributed by atoms with Crippen molar-refractivity contribution in [3.05, 3.63) is 95.5 Å². The van der Waals surface area contributed by atoms with Gasteiger partial charge in [0.15, 0.2) is 18.2 Å². The number of pyridine rings is 1. The third kappa shape index (κ3) is 4.49. The maximum atomic E-state index is 13.0. The Morgan fingerprint density at radius 3 is 2.40 bits per heavy atom. The molecule has 0 radical (unpaired) electrons. The number of hydrogen-bond donors (Lipinski definition) is 0. The number of ether oxygens (including phenoxy) is 1. The van der Waals surface area contributed by atoms with Gasteiger partial charge in [0.05, 0.1) is 0 Å². The van der Waals surface area contributed by atoms with E-state index in [9.17, 15) is 14.8 Å². The SMILES string of the molecule is O=C(c1ccc(Oc2ccccc2)cc1)[C@@H]1CCCN(C(=O)c2ccc[n+]([O-])c2)C1. The zero-order valence-corrected chi connectivity index (χ0v) is 16.4. The molecule has 2 aromatic carbocycles. The number of para-hydroxylation sites is 1. The van der Waals surface area contributed by atoms with Crippen LogP contribution in [0, 0.1) is 11.1 Å². The number of rotatable bonds is 5. The summed E-state index contributed by atoms with van der Waals surface area (Å²) in [5.74, 6) is 0.938. The maximum Gasteiger partial charge on any atom is 0.259 e. The molecule has 1 saturated heterocycles. The second-order valence-corrected chi connectivity index (χ2v) is 7.35. The monoisotopic (exact) mass is 402 g/mol. The van der Waals surface area contributed by atoms with Gasteiger partial charge in [-0.2, -0.15) is 4.73 Å². The second kappa shape index (κ2) is 8.78. The molecule has 6 nitrogen and oxygen atoms in total. The van der Waals surface area contributed by atoms with Crippen LogP contribution >= 0.6 is 0 Å². The smallest absolute Gasteiger partial charge is 0.259 e. The Balaban J connectivity index is 1.42. The molecule has 2 heterocycles. The number of aromatic nitrogens is 1. The molecule has 1 fully saturated rings. The number of amides is 1. The molecule has 1 aliphatic rings. The number of nitrogens with zero attached hydrogens (tertiary/aromatic N) is 2.